The predicted octanol–water partition coefficient (Wildman–Crippen LogP) is 2.08. The molecule has 2 heterocycles. The maximum atomic E-state index is 14.0. The molecule has 0 radical (unpaired) electrons. The highest BCUT2D eigenvalue weighted by Gasteiger charge is 2.35. The highest BCUT2D eigenvalue weighted by atomic mass is 19.1. The first-order valence-corrected chi connectivity index (χ1v) is 8.37. The van der Waals surface area contributed by atoms with Crippen molar-refractivity contribution in [2.24, 2.45) is 0 Å². The van der Waals surface area contributed by atoms with Gasteiger partial charge in [0.1, 0.15) is 5.82 Å². The second-order valence-corrected chi connectivity index (χ2v) is 7.06. The normalized spacial score (nSPS) is 25.2. The van der Waals surface area contributed by atoms with E-state index in [2.05, 4.69) is 10.2 Å². The van der Waals surface area contributed by atoms with Crippen molar-refractivity contribution in [1.29, 1.82) is 0 Å². The van der Waals surface area contributed by atoms with Crippen molar-refractivity contribution in [3.8, 4) is 0 Å². The Balaban J connectivity index is 1.57. The quantitative estimate of drug-likeness (QED) is 0.923. The first kappa shape index (κ1) is 16.4. The molecule has 2 saturated heterocycles. The van der Waals surface area contributed by atoms with Crippen molar-refractivity contribution < 1.29 is 13.9 Å². The summed E-state index contributed by atoms with van der Waals surface area (Å²) in [6.45, 7) is 6.71. The van der Waals surface area contributed by atoms with Crippen molar-refractivity contribution in [2.45, 2.75) is 44.2 Å². The van der Waals surface area contributed by atoms with Gasteiger partial charge in [0, 0.05) is 24.7 Å². The summed E-state index contributed by atoms with van der Waals surface area (Å²) < 4.78 is 19.8. The Morgan fingerprint density at radius 2 is 2.22 bits per heavy atom. The van der Waals surface area contributed by atoms with Gasteiger partial charge in [-0.05, 0) is 39.3 Å². The Kier molecular flexibility index (Phi) is 4.69. The van der Waals surface area contributed by atoms with Gasteiger partial charge in [0.05, 0.1) is 18.1 Å². The van der Waals surface area contributed by atoms with Gasteiger partial charge in [-0.3, -0.25) is 9.69 Å². The Morgan fingerprint density at radius 3 is 3.00 bits per heavy atom. The lowest BCUT2D eigenvalue weighted by atomic mass is 9.83. The largest absolute Gasteiger partial charge is 0.373 e. The zero-order chi connectivity index (χ0) is 16.4. The van der Waals surface area contributed by atoms with Gasteiger partial charge < -0.3 is 10.1 Å². The average molecular weight is 320 g/mol. The third kappa shape index (κ3) is 3.40. The van der Waals surface area contributed by atoms with Gasteiger partial charge in [-0.2, -0.15) is 0 Å². The average Bonchev–Trinajstić information content (AvgIpc) is 3.00. The van der Waals surface area contributed by atoms with E-state index in [0.29, 0.717) is 18.2 Å². The summed E-state index contributed by atoms with van der Waals surface area (Å²) >= 11 is 0. The number of hydrogen-bond donors (Lipinski definition) is 1. The van der Waals surface area contributed by atoms with E-state index >= 15 is 0 Å². The fourth-order valence-corrected chi connectivity index (χ4v) is 3.53. The molecule has 2 fully saturated rings. The van der Waals surface area contributed by atoms with Gasteiger partial charge in [0.25, 0.3) is 0 Å². The number of carbonyl (C=O) groups is 1. The zero-order valence-corrected chi connectivity index (χ0v) is 13.8. The highest BCUT2D eigenvalue weighted by molar-refractivity contribution is 5.87. The molecule has 1 aromatic rings. The number of rotatable bonds is 4. The predicted molar refractivity (Wildman–Crippen MR) is 86.8 cm³/mol. The number of carbonyl (C=O) groups excluding carboxylic acids is 1. The van der Waals surface area contributed by atoms with Gasteiger partial charge in [0.15, 0.2) is 0 Å². The number of ether oxygens (including phenoxy) is 1. The molecule has 2 unspecified atom stereocenters. The van der Waals surface area contributed by atoms with Crippen LogP contribution in [0.3, 0.4) is 0 Å². The summed E-state index contributed by atoms with van der Waals surface area (Å²) in [7, 11) is 0. The van der Waals surface area contributed by atoms with Crippen LogP contribution >= 0.6 is 0 Å². The van der Waals surface area contributed by atoms with Crippen LogP contribution in [0.4, 0.5) is 4.39 Å². The minimum absolute atomic E-state index is 0.0183. The lowest BCUT2D eigenvalue weighted by Gasteiger charge is -2.35. The summed E-state index contributed by atoms with van der Waals surface area (Å²) in [6, 6.07) is 7.00. The molecule has 0 aliphatic carbocycles. The molecule has 2 aliphatic rings. The van der Waals surface area contributed by atoms with Crippen LogP contribution in [0.1, 0.15) is 32.3 Å². The fourth-order valence-electron chi connectivity index (χ4n) is 3.53. The SMILES string of the molecule is CC(C)(C(=O)NCC1CN2CCCC2CO1)c1ccccc1F. The third-order valence-corrected chi connectivity index (χ3v) is 5.07. The van der Waals surface area contributed by atoms with Crippen molar-refractivity contribution in [2.75, 3.05) is 26.2 Å². The summed E-state index contributed by atoms with van der Waals surface area (Å²) in [5.74, 6) is -0.517. The topological polar surface area (TPSA) is 41.6 Å². The molecule has 23 heavy (non-hydrogen) atoms. The Hall–Kier alpha value is -1.46. The summed E-state index contributed by atoms with van der Waals surface area (Å²) in [5.41, 5.74) is -0.488. The van der Waals surface area contributed by atoms with E-state index in [0.717, 1.165) is 19.7 Å². The number of halogens is 1. The maximum Gasteiger partial charge on any atom is 0.230 e. The van der Waals surface area contributed by atoms with E-state index in [1.54, 1.807) is 32.0 Å². The minimum atomic E-state index is -0.907. The van der Waals surface area contributed by atoms with Crippen molar-refractivity contribution in [3.05, 3.63) is 35.6 Å². The van der Waals surface area contributed by atoms with Crippen molar-refractivity contribution in [1.82, 2.24) is 10.2 Å². The van der Waals surface area contributed by atoms with Gasteiger partial charge in [-0.15, -0.1) is 0 Å². The summed E-state index contributed by atoms with van der Waals surface area (Å²) in [4.78, 5) is 15.0. The lowest BCUT2D eigenvalue weighted by Crippen LogP contribution is -2.51. The van der Waals surface area contributed by atoms with E-state index in [1.807, 2.05) is 0 Å². The van der Waals surface area contributed by atoms with E-state index in [9.17, 15) is 9.18 Å². The van der Waals surface area contributed by atoms with Crippen molar-refractivity contribution >= 4 is 5.91 Å². The van der Waals surface area contributed by atoms with Gasteiger partial charge in [-0.1, -0.05) is 18.2 Å². The first-order valence-electron chi connectivity index (χ1n) is 8.37. The molecule has 0 saturated carbocycles. The van der Waals surface area contributed by atoms with Crippen LogP contribution in [0.25, 0.3) is 0 Å². The monoisotopic (exact) mass is 320 g/mol. The first-order chi connectivity index (χ1) is 11.0. The number of nitrogens with zero attached hydrogens (tertiary/aromatic N) is 1. The molecule has 5 heteroatoms. The van der Waals surface area contributed by atoms with Crippen molar-refractivity contribution in [3.63, 3.8) is 0 Å². The van der Waals surface area contributed by atoms with Gasteiger partial charge in [0.2, 0.25) is 5.91 Å². The van der Waals surface area contributed by atoms with E-state index in [1.165, 1.54) is 18.9 Å². The second-order valence-electron chi connectivity index (χ2n) is 7.06. The van der Waals surface area contributed by atoms with E-state index in [4.69, 9.17) is 4.74 Å². The third-order valence-electron chi connectivity index (χ3n) is 5.07. The van der Waals surface area contributed by atoms with Gasteiger partial charge in [-0.25, -0.2) is 4.39 Å². The molecule has 1 aromatic carbocycles. The zero-order valence-electron chi connectivity index (χ0n) is 13.8. The molecule has 0 spiro atoms. The molecule has 0 bridgehead atoms. The number of amides is 1. The molecule has 1 amide bonds. The van der Waals surface area contributed by atoms with Crippen LogP contribution < -0.4 is 5.32 Å². The molecule has 2 aliphatic heterocycles. The fraction of sp³-hybridized carbons (Fsp3) is 0.611. The standard InChI is InChI=1S/C18H25FN2O2/c1-18(2,15-7-3-4-8-16(15)19)17(22)20-10-14-11-21-9-5-6-13(21)12-23-14/h3-4,7-8,13-14H,5-6,9-12H2,1-2H3,(H,20,22). The number of hydrogen-bond acceptors (Lipinski definition) is 3. The number of morpholine rings is 1. The van der Waals surface area contributed by atoms with Crippen LogP contribution in [0.15, 0.2) is 24.3 Å². The summed E-state index contributed by atoms with van der Waals surface area (Å²) in [6.07, 6.45) is 2.46. The van der Waals surface area contributed by atoms with Crippen LogP contribution in [0.2, 0.25) is 0 Å². The molecular formula is C18H25FN2O2. The smallest absolute Gasteiger partial charge is 0.230 e. The van der Waals surface area contributed by atoms with Gasteiger partial charge >= 0.3 is 0 Å². The maximum absolute atomic E-state index is 14.0. The number of nitrogens with one attached hydrogen (secondary N) is 1. The molecule has 3 rings (SSSR count). The second kappa shape index (κ2) is 6.57. The van der Waals surface area contributed by atoms with Crippen LogP contribution in [0, 0.1) is 5.82 Å². The molecule has 1 N–H and O–H groups in total. The van der Waals surface area contributed by atoms with E-state index < -0.39 is 5.41 Å². The Bertz CT molecular complexity index is 576. The minimum Gasteiger partial charge on any atom is -0.373 e. The molecule has 4 nitrogen and oxygen atoms in total. The van der Waals surface area contributed by atoms with Crippen LogP contribution in [0.5, 0.6) is 0 Å². The number of fused-ring (bicyclic) bond motifs is 1. The van der Waals surface area contributed by atoms with Crippen LogP contribution in [-0.4, -0.2) is 49.2 Å². The molecule has 2 atom stereocenters. The number of benzene rings is 1. The van der Waals surface area contributed by atoms with Crippen LogP contribution in [-0.2, 0) is 14.9 Å². The van der Waals surface area contributed by atoms with E-state index in [-0.39, 0.29) is 17.8 Å². The Labute approximate surface area is 137 Å². The molecule has 0 aromatic heterocycles. The highest BCUT2D eigenvalue weighted by Crippen LogP contribution is 2.26. The Morgan fingerprint density at radius 1 is 1.43 bits per heavy atom. The summed E-state index contributed by atoms with van der Waals surface area (Å²) in [5, 5.41) is 2.94. The molecule has 126 valence electrons. The molecular weight excluding hydrogens is 295 g/mol. The lowest BCUT2D eigenvalue weighted by molar-refractivity contribution is -0.127.